The Morgan fingerprint density at radius 3 is 2.50 bits per heavy atom. The van der Waals surface area contributed by atoms with E-state index in [9.17, 15) is 8.78 Å². The van der Waals surface area contributed by atoms with Crippen LogP contribution in [-0.4, -0.2) is 13.0 Å². The molecule has 18 heavy (non-hydrogen) atoms. The lowest BCUT2D eigenvalue weighted by Gasteiger charge is -2.37. The average molecular weight is 253 g/mol. The van der Waals surface area contributed by atoms with Gasteiger partial charge in [-0.05, 0) is 24.0 Å². The first-order valence-electron chi connectivity index (χ1n) is 6.74. The average Bonchev–Trinajstić information content (AvgIpc) is 2.39. The number of hydrogen-bond donors (Lipinski definition) is 1. The van der Waals surface area contributed by atoms with Crippen molar-refractivity contribution in [1.82, 2.24) is 0 Å². The summed E-state index contributed by atoms with van der Waals surface area (Å²) in [5.41, 5.74) is 7.88. The third-order valence-electron chi connectivity index (χ3n) is 4.13. The molecule has 0 aromatic heterocycles. The minimum Gasteiger partial charge on any atom is -0.330 e. The van der Waals surface area contributed by atoms with Gasteiger partial charge in [0.2, 0.25) is 6.43 Å². The van der Waals surface area contributed by atoms with E-state index in [4.69, 9.17) is 5.73 Å². The Kier molecular flexibility index (Phi) is 4.33. The number of halogens is 2. The molecule has 0 saturated heterocycles. The lowest BCUT2D eigenvalue weighted by atomic mass is 9.69. The van der Waals surface area contributed by atoms with E-state index in [1.54, 1.807) is 6.07 Å². The molecule has 2 rings (SSSR count). The van der Waals surface area contributed by atoms with E-state index in [1.807, 2.05) is 18.2 Å². The molecule has 1 aliphatic rings. The molecule has 1 aromatic carbocycles. The molecule has 0 aliphatic heterocycles. The van der Waals surface area contributed by atoms with E-state index < -0.39 is 6.43 Å². The molecule has 0 bridgehead atoms. The molecular formula is C15H21F2N. The Morgan fingerprint density at radius 1 is 1.17 bits per heavy atom. The lowest BCUT2D eigenvalue weighted by molar-refractivity contribution is 0.149. The van der Waals surface area contributed by atoms with Crippen molar-refractivity contribution in [2.75, 3.05) is 6.54 Å². The van der Waals surface area contributed by atoms with Gasteiger partial charge in [-0.2, -0.15) is 0 Å². The van der Waals surface area contributed by atoms with Gasteiger partial charge in [-0.15, -0.1) is 0 Å². The third-order valence-corrected chi connectivity index (χ3v) is 4.13. The van der Waals surface area contributed by atoms with Crippen LogP contribution in [0.5, 0.6) is 0 Å². The predicted octanol–water partition coefficient (Wildman–Crippen LogP) is 3.65. The van der Waals surface area contributed by atoms with Crippen LogP contribution in [0.25, 0.3) is 0 Å². The lowest BCUT2D eigenvalue weighted by Crippen LogP contribution is -2.37. The third kappa shape index (κ3) is 2.89. The fourth-order valence-corrected chi connectivity index (χ4v) is 3.05. The number of rotatable bonds is 4. The van der Waals surface area contributed by atoms with E-state index >= 15 is 0 Å². The van der Waals surface area contributed by atoms with E-state index in [-0.39, 0.29) is 11.8 Å². The molecule has 1 nitrogen and oxygen atoms in total. The molecular weight excluding hydrogens is 232 g/mol. The quantitative estimate of drug-likeness (QED) is 0.870. The van der Waals surface area contributed by atoms with Crippen LogP contribution in [0.3, 0.4) is 0 Å². The van der Waals surface area contributed by atoms with Gasteiger partial charge in [0.1, 0.15) is 0 Å². The molecule has 1 aliphatic carbocycles. The summed E-state index contributed by atoms with van der Waals surface area (Å²) >= 11 is 0. The van der Waals surface area contributed by atoms with Gasteiger partial charge in [-0.3, -0.25) is 0 Å². The molecule has 1 fully saturated rings. The van der Waals surface area contributed by atoms with Crippen molar-refractivity contribution >= 4 is 0 Å². The number of hydrogen-bond acceptors (Lipinski definition) is 1. The zero-order valence-corrected chi connectivity index (χ0v) is 10.7. The Hall–Kier alpha value is -0.960. The zero-order valence-electron chi connectivity index (χ0n) is 10.7. The topological polar surface area (TPSA) is 26.0 Å². The van der Waals surface area contributed by atoms with Crippen molar-refractivity contribution in [2.45, 2.75) is 50.4 Å². The SMILES string of the molecule is NCC1(c2cccc(CC(F)F)c2)CCCCC1. The van der Waals surface area contributed by atoms with Crippen molar-refractivity contribution in [3.05, 3.63) is 35.4 Å². The van der Waals surface area contributed by atoms with Gasteiger partial charge in [0.25, 0.3) is 0 Å². The standard InChI is InChI=1S/C15H21F2N/c16-14(17)10-12-5-4-6-13(9-12)15(11-18)7-2-1-3-8-15/h4-6,9,14H,1-3,7-8,10-11,18H2. The summed E-state index contributed by atoms with van der Waals surface area (Å²) in [4.78, 5) is 0. The largest absolute Gasteiger partial charge is 0.330 e. The molecule has 0 atom stereocenters. The van der Waals surface area contributed by atoms with Crippen LogP contribution in [-0.2, 0) is 11.8 Å². The first-order valence-corrected chi connectivity index (χ1v) is 6.74. The van der Waals surface area contributed by atoms with Crippen LogP contribution < -0.4 is 5.73 Å². The number of benzene rings is 1. The molecule has 0 radical (unpaired) electrons. The summed E-state index contributed by atoms with van der Waals surface area (Å²) in [7, 11) is 0. The van der Waals surface area contributed by atoms with Gasteiger partial charge in [0.15, 0.2) is 0 Å². The Bertz CT molecular complexity index is 384. The molecule has 100 valence electrons. The van der Waals surface area contributed by atoms with Gasteiger partial charge in [-0.1, -0.05) is 43.5 Å². The van der Waals surface area contributed by atoms with Crippen LogP contribution >= 0.6 is 0 Å². The second-order valence-electron chi connectivity index (χ2n) is 5.34. The van der Waals surface area contributed by atoms with Gasteiger partial charge >= 0.3 is 0 Å². The minimum absolute atomic E-state index is 0.0242. The second-order valence-corrected chi connectivity index (χ2v) is 5.34. The maximum atomic E-state index is 12.4. The first-order chi connectivity index (χ1) is 8.66. The summed E-state index contributed by atoms with van der Waals surface area (Å²) in [6.45, 7) is 0.616. The highest BCUT2D eigenvalue weighted by Crippen LogP contribution is 2.38. The summed E-state index contributed by atoms with van der Waals surface area (Å²) in [6.07, 6.45) is 3.38. The summed E-state index contributed by atoms with van der Waals surface area (Å²) in [5.74, 6) is 0. The van der Waals surface area contributed by atoms with Crippen LogP contribution in [0.1, 0.15) is 43.2 Å². The predicted molar refractivity (Wildman–Crippen MR) is 70.0 cm³/mol. The van der Waals surface area contributed by atoms with Crippen molar-refractivity contribution in [1.29, 1.82) is 0 Å². The summed E-state index contributed by atoms with van der Waals surface area (Å²) in [6, 6.07) is 7.65. The zero-order chi connectivity index (χ0) is 13.0. The van der Waals surface area contributed by atoms with Crippen LogP contribution in [0.4, 0.5) is 8.78 Å². The normalized spacial score (nSPS) is 19.1. The van der Waals surface area contributed by atoms with Crippen molar-refractivity contribution in [3.8, 4) is 0 Å². The Balaban J connectivity index is 2.25. The van der Waals surface area contributed by atoms with E-state index in [0.717, 1.165) is 24.0 Å². The molecule has 3 heteroatoms. The van der Waals surface area contributed by atoms with Crippen LogP contribution in [0.15, 0.2) is 24.3 Å². The van der Waals surface area contributed by atoms with Crippen LogP contribution in [0, 0.1) is 0 Å². The van der Waals surface area contributed by atoms with Crippen molar-refractivity contribution in [2.24, 2.45) is 5.73 Å². The van der Waals surface area contributed by atoms with E-state index in [2.05, 4.69) is 0 Å². The molecule has 0 heterocycles. The maximum Gasteiger partial charge on any atom is 0.242 e. The highest BCUT2D eigenvalue weighted by Gasteiger charge is 2.32. The van der Waals surface area contributed by atoms with Gasteiger partial charge in [0.05, 0.1) is 0 Å². The molecule has 1 aromatic rings. The molecule has 2 N–H and O–H groups in total. The highest BCUT2D eigenvalue weighted by molar-refractivity contribution is 5.31. The monoisotopic (exact) mass is 253 g/mol. The maximum absolute atomic E-state index is 12.4. The fourth-order valence-electron chi connectivity index (χ4n) is 3.05. The highest BCUT2D eigenvalue weighted by atomic mass is 19.3. The second kappa shape index (κ2) is 5.79. The Morgan fingerprint density at radius 2 is 1.89 bits per heavy atom. The fraction of sp³-hybridized carbons (Fsp3) is 0.600. The molecule has 0 amide bonds. The number of alkyl halides is 2. The van der Waals surface area contributed by atoms with Crippen LogP contribution in [0.2, 0.25) is 0 Å². The van der Waals surface area contributed by atoms with E-state index in [0.29, 0.717) is 6.54 Å². The first kappa shape index (κ1) is 13.5. The number of nitrogens with two attached hydrogens (primary N) is 1. The molecule has 0 spiro atoms. The summed E-state index contributed by atoms with van der Waals surface area (Å²) in [5, 5.41) is 0. The Labute approximate surface area is 107 Å². The van der Waals surface area contributed by atoms with Gasteiger partial charge in [0, 0.05) is 18.4 Å². The minimum atomic E-state index is -2.28. The molecule has 1 saturated carbocycles. The molecule has 0 unspecified atom stereocenters. The smallest absolute Gasteiger partial charge is 0.242 e. The van der Waals surface area contributed by atoms with E-state index in [1.165, 1.54) is 19.3 Å². The van der Waals surface area contributed by atoms with Gasteiger partial charge < -0.3 is 5.73 Å². The summed E-state index contributed by atoms with van der Waals surface area (Å²) < 4.78 is 24.9. The van der Waals surface area contributed by atoms with Crippen molar-refractivity contribution in [3.63, 3.8) is 0 Å². The van der Waals surface area contributed by atoms with Crippen molar-refractivity contribution < 1.29 is 8.78 Å². The van der Waals surface area contributed by atoms with Gasteiger partial charge in [-0.25, -0.2) is 8.78 Å².